The minimum Gasteiger partial charge on any atom is -0.298 e. The molecule has 90 valence electrons. The lowest BCUT2D eigenvalue weighted by atomic mass is 9.84. The van der Waals surface area contributed by atoms with Gasteiger partial charge in [-0.15, -0.1) is 0 Å². The van der Waals surface area contributed by atoms with Gasteiger partial charge in [0.15, 0.2) is 5.78 Å². The van der Waals surface area contributed by atoms with Gasteiger partial charge in [0.2, 0.25) is 0 Å². The Morgan fingerprint density at radius 2 is 1.65 bits per heavy atom. The second-order valence-corrected chi connectivity index (χ2v) is 4.93. The summed E-state index contributed by atoms with van der Waals surface area (Å²) in [6, 6.07) is 6.21. The average molecular weight is 229 g/mol. The first-order valence-electron chi connectivity index (χ1n) is 5.89. The van der Waals surface area contributed by atoms with E-state index in [1.165, 1.54) is 0 Å². The number of ketones is 1. The number of hydrogen-bond donors (Lipinski definition) is 0. The standard InChI is InChI=1S/C15H19NO/c1-9(2)15(17)13(8-16)14-11(4)6-10(3)7-12(14)5/h6-7,9,13H,1-5H3. The molecule has 0 saturated heterocycles. The Kier molecular flexibility index (Phi) is 4.07. The molecule has 17 heavy (non-hydrogen) atoms. The lowest BCUT2D eigenvalue weighted by Crippen LogP contribution is -2.18. The summed E-state index contributed by atoms with van der Waals surface area (Å²) in [5.74, 6) is -0.738. The van der Waals surface area contributed by atoms with Gasteiger partial charge < -0.3 is 0 Å². The average Bonchev–Trinajstić information content (AvgIpc) is 2.21. The molecule has 0 N–H and O–H groups in total. The van der Waals surface area contributed by atoms with Crippen LogP contribution in [0.3, 0.4) is 0 Å². The zero-order chi connectivity index (χ0) is 13.2. The third-order valence-electron chi connectivity index (χ3n) is 3.01. The SMILES string of the molecule is Cc1cc(C)c(C(C#N)C(=O)C(C)C)c(C)c1. The summed E-state index contributed by atoms with van der Waals surface area (Å²) in [5.41, 5.74) is 4.11. The van der Waals surface area contributed by atoms with E-state index in [2.05, 4.69) is 6.07 Å². The van der Waals surface area contributed by atoms with Crippen molar-refractivity contribution in [1.82, 2.24) is 0 Å². The Labute approximate surface area is 103 Å². The second-order valence-electron chi connectivity index (χ2n) is 4.93. The summed E-state index contributed by atoms with van der Waals surface area (Å²) >= 11 is 0. The number of Topliss-reactive ketones (excluding diaryl/α,β-unsaturated/α-hetero) is 1. The van der Waals surface area contributed by atoms with Gasteiger partial charge in [-0.1, -0.05) is 31.5 Å². The Morgan fingerprint density at radius 1 is 1.18 bits per heavy atom. The molecule has 1 aromatic carbocycles. The topological polar surface area (TPSA) is 40.9 Å². The summed E-state index contributed by atoms with van der Waals surface area (Å²) in [5, 5.41) is 9.25. The Balaban J connectivity index is 3.32. The van der Waals surface area contributed by atoms with Crippen molar-refractivity contribution in [3.05, 3.63) is 34.4 Å². The minimum absolute atomic E-state index is 0.00236. The smallest absolute Gasteiger partial charge is 0.156 e. The zero-order valence-corrected chi connectivity index (χ0v) is 11.2. The summed E-state index contributed by atoms with van der Waals surface area (Å²) in [7, 11) is 0. The van der Waals surface area contributed by atoms with Crippen LogP contribution in [0, 0.1) is 38.0 Å². The number of hydrogen-bond acceptors (Lipinski definition) is 2. The molecular formula is C15H19NO. The molecule has 0 bridgehead atoms. The van der Waals surface area contributed by atoms with Gasteiger partial charge in [0.05, 0.1) is 6.07 Å². The number of aryl methyl sites for hydroxylation is 3. The highest BCUT2D eigenvalue weighted by Gasteiger charge is 2.25. The predicted molar refractivity (Wildman–Crippen MR) is 68.9 cm³/mol. The first-order chi connectivity index (χ1) is 7.88. The summed E-state index contributed by atoms with van der Waals surface area (Å²) in [6.07, 6.45) is 0. The molecule has 0 spiro atoms. The van der Waals surface area contributed by atoms with Gasteiger partial charge in [-0.3, -0.25) is 4.79 Å². The molecule has 0 aliphatic rings. The molecule has 0 radical (unpaired) electrons. The summed E-state index contributed by atoms with van der Waals surface area (Å²) in [6.45, 7) is 9.63. The van der Waals surface area contributed by atoms with E-state index < -0.39 is 5.92 Å². The van der Waals surface area contributed by atoms with E-state index in [4.69, 9.17) is 0 Å². The largest absolute Gasteiger partial charge is 0.298 e. The van der Waals surface area contributed by atoms with Crippen molar-refractivity contribution in [2.24, 2.45) is 5.92 Å². The second kappa shape index (κ2) is 5.14. The van der Waals surface area contributed by atoms with Crippen LogP contribution in [0.15, 0.2) is 12.1 Å². The third-order valence-corrected chi connectivity index (χ3v) is 3.01. The Morgan fingerprint density at radius 3 is 2.00 bits per heavy atom. The van der Waals surface area contributed by atoms with Crippen LogP contribution < -0.4 is 0 Å². The third kappa shape index (κ3) is 2.74. The molecule has 0 amide bonds. The van der Waals surface area contributed by atoms with Gasteiger partial charge in [-0.2, -0.15) is 5.26 Å². The first kappa shape index (κ1) is 13.4. The molecule has 2 heteroatoms. The van der Waals surface area contributed by atoms with E-state index in [1.54, 1.807) is 0 Å². The van der Waals surface area contributed by atoms with Crippen LogP contribution >= 0.6 is 0 Å². The Hall–Kier alpha value is -1.62. The van der Waals surface area contributed by atoms with Crippen LogP contribution in [-0.4, -0.2) is 5.78 Å². The van der Waals surface area contributed by atoms with Crippen molar-refractivity contribution in [3.63, 3.8) is 0 Å². The molecule has 0 heterocycles. The first-order valence-corrected chi connectivity index (χ1v) is 5.89. The molecule has 1 aromatic rings. The van der Waals surface area contributed by atoms with Gasteiger partial charge in [0.1, 0.15) is 5.92 Å². The van der Waals surface area contributed by atoms with Gasteiger partial charge in [-0.25, -0.2) is 0 Å². The van der Waals surface area contributed by atoms with Gasteiger partial charge in [0.25, 0.3) is 0 Å². The number of nitriles is 1. The van der Waals surface area contributed by atoms with Crippen molar-refractivity contribution in [3.8, 4) is 6.07 Å². The number of carbonyl (C=O) groups excluding carboxylic acids is 1. The number of rotatable bonds is 3. The van der Waals surface area contributed by atoms with E-state index in [0.29, 0.717) is 0 Å². The molecule has 1 atom stereocenters. The van der Waals surface area contributed by atoms with Crippen molar-refractivity contribution >= 4 is 5.78 Å². The maximum atomic E-state index is 12.0. The maximum Gasteiger partial charge on any atom is 0.156 e. The van der Waals surface area contributed by atoms with Crippen LogP contribution in [0.4, 0.5) is 0 Å². The van der Waals surface area contributed by atoms with Gasteiger partial charge >= 0.3 is 0 Å². The number of benzene rings is 1. The van der Waals surface area contributed by atoms with Crippen molar-refractivity contribution < 1.29 is 4.79 Å². The monoisotopic (exact) mass is 229 g/mol. The van der Waals surface area contributed by atoms with Crippen LogP contribution in [0.1, 0.15) is 42.0 Å². The van der Waals surface area contributed by atoms with Crippen LogP contribution in [-0.2, 0) is 4.79 Å². The van der Waals surface area contributed by atoms with Gasteiger partial charge in [0, 0.05) is 5.92 Å². The van der Waals surface area contributed by atoms with E-state index in [0.717, 1.165) is 22.3 Å². The van der Waals surface area contributed by atoms with Gasteiger partial charge in [-0.05, 0) is 37.5 Å². The summed E-state index contributed by atoms with van der Waals surface area (Å²) < 4.78 is 0. The summed E-state index contributed by atoms with van der Waals surface area (Å²) in [4.78, 5) is 12.0. The zero-order valence-electron chi connectivity index (χ0n) is 11.2. The van der Waals surface area contributed by atoms with E-state index in [-0.39, 0.29) is 11.7 Å². The fraction of sp³-hybridized carbons (Fsp3) is 0.467. The Bertz CT molecular complexity index is 457. The van der Waals surface area contributed by atoms with Crippen LogP contribution in [0.25, 0.3) is 0 Å². The van der Waals surface area contributed by atoms with Crippen LogP contribution in [0.5, 0.6) is 0 Å². The van der Waals surface area contributed by atoms with Crippen molar-refractivity contribution in [1.29, 1.82) is 5.26 Å². The number of nitrogens with zero attached hydrogens (tertiary/aromatic N) is 1. The maximum absolute atomic E-state index is 12.0. The lowest BCUT2D eigenvalue weighted by molar-refractivity contribution is -0.122. The van der Waals surface area contributed by atoms with E-state index in [9.17, 15) is 10.1 Å². The van der Waals surface area contributed by atoms with Crippen molar-refractivity contribution in [2.75, 3.05) is 0 Å². The fourth-order valence-electron chi connectivity index (χ4n) is 2.25. The molecule has 0 saturated carbocycles. The van der Waals surface area contributed by atoms with Crippen molar-refractivity contribution in [2.45, 2.75) is 40.5 Å². The lowest BCUT2D eigenvalue weighted by Gasteiger charge is -2.17. The highest BCUT2D eigenvalue weighted by atomic mass is 16.1. The predicted octanol–water partition coefficient (Wildman–Crippen LogP) is 3.44. The molecule has 0 aliphatic heterocycles. The number of carbonyl (C=O) groups is 1. The molecule has 1 rings (SSSR count). The van der Waals surface area contributed by atoms with Crippen LogP contribution in [0.2, 0.25) is 0 Å². The molecule has 0 aliphatic carbocycles. The highest BCUT2D eigenvalue weighted by molar-refractivity contribution is 5.90. The highest BCUT2D eigenvalue weighted by Crippen LogP contribution is 2.27. The van der Waals surface area contributed by atoms with E-state index >= 15 is 0 Å². The minimum atomic E-state index is -0.629. The molecule has 1 unspecified atom stereocenters. The molecular weight excluding hydrogens is 210 g/mol. The molecule has 0 fully saturated rings. The fourth-order valence-corrected chi connectivity index (χ4v) is 2.25. The molecule has 2 nitrogen and oxygen atoms in total. The normalized spacial score (nSPS) is 12.3. The molecule has 0 aromatic heterocycles. The quantitative estimate of drug-likeness (QED) is 0.796. The van der Waals surface area contributed by atoms with E-state index in [1.807, 2.05) is 46.8 Å².